The third kappa shape index (κ3) is 4.63. The zero-order valence-corrected chi connectivity index (χ0v) is 13.5. The average molecular weight is 303 g/mol. The van der Waals surface area contributed by atoms with Crippen LogP contribution in [0.3, 0.4) is 0 Å². The first-order valence-electron chi connectivity index (χ1n) is 6.99. The summed E-state index contributed by atoms with van der Waals surface area (Å²) in [7, 11) is 0. The fourth-order valence-electron chi connectivity index (χ4n) is 1.82. The van der Waals surface area contributed by atoms with Crippen LogP contribution < -0.4 is 10.5 Å². The Morgan fingerprint density at radius 2 is 1.86 bits per heavy atom. The van der Waals surface area contributed by atoms with Crippen LogP contribution in [-0.2, 0) is 0 Å². The molecule has 5 heteroatoms. The molecule has 0 fully saturated rings. The van der Waals surface area contributed by atoms with Gasteiger partial charge in [0.2, 0.25) is 0 Å². The Morgan fingerprint density at radius 1 is 1.14 bits per heavy atom. The molecule has 0 saturated carbocycles. The Bertz CT molecular complexity index is 593. The minimum Gasteiger partial charge on any atom is -0.493 e. The molecule has 0 aliphatic rings. The van der Waals surface area contributed by atoms with Crippen molar-refractivity contribution in [2.75, 3.05) is 18.1 Å². The Kier molecular flexibility index (Phi) is 5.44. The molecule has 4 nitrogen and oxygen atoms in total. The number of nitrogens with zero attached hydrogens (tertiary/aromatic N) is 2. The number of hydrogen-bond acceptors (Lipinski definition) is 5. The topological polar surface area (TPSA) is 61.0 Å². The second-order valence-electron chi connectivity index (χ2n) is 4.92. The van der Waals surface area contributed by atoms with Crippen LogP contribution in [0.4, 0.5) is 5.69 Å². The summed E-state index contributed by atoms with van der Waals surface area (Å²) in [4.78, 5) is 8.99. The third-order valence-corrected chi connectivity index (χ3v) is 4.19. The summed E-state index contributed by atoms with van der Waals surface area (Å²) in [5, 5.41) is 0.847. The molecule has 21 heavy (non-hydrogen) atoms. The summed E-state index contributed by atoms with van der Waals surface area (Å²) >= 11 is 1.67. The summed E-state index contributed by atoms with van der Waals surface area (Å²) in [6.07, 6.45) is 0.939. The van der Waals surface area contributed by atoms with Crippen molar-refractivity contribution in [1.29, 1.82) is 0 Å². The molecule has 1 aromatic carbocycles. The first-order chi connectivity index (χ1) is 10.1. The van der Waals surface area contributed by atoms with E-state index < -0.39 is 0 Å². The second-order valence-corrected chi connectivity index (χ2v) is 5.99. The number of hydrogen-bond donors (Lipinski definition) is 1. The summed E-state index contributed by atoms with van der Waals surface area (Å²) in [5.74, 6) is 1.75. The SMILES string of the molecule is Cc1nc(SCCCOc2cccc(N)c2)nc(C)c1C. The lowest BCUT2D eigenvalue weighted by Crippen LogP contribution is -2.01. The molecule has 2 rings (SSSR count). The molecule has 0 spiro atoms. The van der Waals surface area contributed by atoms with E-state index in [2.05, 4.69) is 16.9 Å². The van der Waals surface area contributed by atoms with E-state index in [1.807, 2.05) is 38.1 Å². The van der Waals surface area contributed by atoms with E-state index in [0.29, 0.717) is 6.61 Å². The highest BCUT2D eigenvalue weighted by atomic mass is 32.2. The number of aryl methyl sites for hydroxylation is 2. The molecular weight excluding hydrogens is 282 g/mol. The minimum absolute atomic E-state index is 0.667. The highest BCUT2D eigenvalue weighted by Crippen LogP contribution is 2.18. The molecule has 112 valence electrons. The number of rotatable bonds is 6. The first kappa shape index (κ1) is 15.6. The Morgan fingerprint density at radius 3 is 2.52 bits per heavy atom. The van der Waals surface area contributed by atoms with Crippen LogP contribution in [0.25, 0.3) is 0 Å². The van der Waals surface area contributed by atoms with Crippen molar-refractivity contribution in [3.05, 3.63) is 41.2 Å². The van der Waals surface area contributed by atoms with Crippen LogP contribution in [0, 0.1) is 20.8 Å². The van der Waals surface area contributed by atoms with Crippen LogP contribution in [0.5, 0.6) is 5.75 Å². The molecular formula is C16H21N3OS. The number of aromatic nitrogens is 2. The Balaban J connectivity index is 1.75. The minimum atomic E-state index is 0.667. The summed E-state index contributed by atoms with van der Waals surface area (Å²) < 4.78 is 5.66. The van der Waals surface area contributed by atoms with E-state index in [1.54, 1.807) is 11.8 Å². The third-order valence-electron chi connectivity index (χ3n) is 3.26. The largest absolute Gasteiger partial charge is 0.493 e. The normalized spacial score (nSPS) is 10.6. The predicted molar refractivity (Wildman–Crippen MR) is 87.9 cm³/mol. The lowest BCUT2D eigenvalue weighted by molar-refractivity contribution is 0.319. The van der Waals surface area contributed by atoms with Gasteiger partial charge < -0.3 is 10.5 Å². The van der Waals surface area contributed by atoms with Crippen LogP contribution >= 0.6 is 11.8 Å². The van der Waals surface area contributed by atoms with Crippen LogP contribution in [0.2, 0.25) is 0 Å². The van der Waals surface area contributed by atoms with Gasteiger partial charge in [-0.05, 0) is 44.9 Å². The molecule has 0 unspecified atom stereocenters. The maximum atomic E-state index is 5.70. The first-order valence-corrected chi connectivity index (χ1v) is 7.98. The fourth-order valence-corrected chi connectivity index (χ4v) is 2.67. The zero-order chi connectivity index (χ0) is 15.2. The predicted octanol–water partition coefficient (Wildman–Crippen LogP) is 3.55. The fraction of sp³-hybridized carbons (Fsp3) is 0.375. The van der Waals surface area contributed by atoms with Gasteiger partial charge in [-0.15, -0.1) is 0 Å². The monoisotopic (exact) mass is 303 g/mol. The van der Waals surface area contributed by atoms with Gasteiger partial charge in [0, 0.05) is 28.9 Å². The number of ether oxygens (including phenoxy) is 1. The molecule has 2 aromatic rings. The maximum Gasteiger partial charge on any atom is 0.187 e. The van der Waals surface area contributed by atoms with Crippen LogP contribution in [-0.4, -0.2) is 22.3 Å². The Labute approximate surface area is 130 Å². The van der Waals surface area contributed by atoms with E-state index in [4.69, 9.17) is 10.5 Å². The van der Waals surface area contributed by atoms with Crippen LogP contribution in [0.1, 0.15) is 23.4 Å². The number of nitrogens with two attached hydrogens (primary N) is 1. The van der Waals surface area contributed by atoms with Crippen LogP contribution in [0.15, 0.2) is 29.4 Å². The van der Waals surface area contributed by atoms with Crippen molar-refractivity contribution < 1.29 is 4.74 Å². The molecule has 0 saturated heterocycles. The van der Waals surface area contributed by atoms with Gasteiger partial charge >= 0.3 is 0 Å². The maximum absolute atomic E-state index is 5.70. The number of nitrogen functional groups attached to an aromatic ring is 1. The van der Waals surface area contributed by atoms with Crippen molar-refractivity contribution in [1.82, 2.24) is 9.97 Å². The van der Waals surface area contributed by atoms with Crippen molar-refractivity contribution in [2.45, 2.75) is 32.3 Å². The van der Waals surface area contributed by atoms with Gasteiger partial charge in [0.1, 0.15) is 5.75 Å². The summed E-state index contributed by atoms with van der Waals surface area (Å²) in [6.45, 7) is 6.77. The molecule has 0 bridgehead atoms. The van der Waals surface area contributed by atoms with Gasteiger partial charge in [0.05, 0.1) is 6.61 Å². The molecule has 0 aliphatic carbocycles. The van der Waals surface area contributed by atoms with E-state index >= 15 is 0 Å². The van der Waals surface area contributed by atoms with E-state index in [1.165, 1.54) is 5.56 Å². The number of anilines is 1. The number of thioether (sulfide) groups is 1. The molecule has 0 atom stereocenters. The number of benzene rings is 1. The molecule has 1 aromatic heterocycles. The van der Waals surface area contributed by atoms with Gasteiger partial charge in [0.25, 0.3) is 0 Å². The standard InChI is InChI=1S/C16H21N3OS/c1-11-12(2)18-16(19-13(11)3)21-9-5-8-20-15-7-4-6-14(17)10-15/h4,6-7,10H,5,8-9,17H2,1-3H3. The van der Waals surface area contributed by atoms with E-state index in [0.717, 1.165) is 40.2 Å². The van der Waals surface area contributed by atoms with Gasteiger partial charge in [-0.25, -0.2) is 9.97 Å². The second kappa shape index (κ2) is 7.31. The molecule has 0 amide bonds. The van der Waals surface area contributed by atoms with Gasteiger partial charge in [-0.2, -0.15) is 0 Å². The molecule has 1 heterocycles. The van der Waals surface area contributed by atoms with Crippen molar-refractivity contribution in [2.24, 2.45) is 0 Å². The summed E-state index contributed by atoms with van der Waals surface area (Å²) in [5.41, 5.74) is 9.71. The van der Waals surface area contributed by atoms with Crippen molar-refractivity contribution in [3.8, 4) is 5.75 Å². The zero-order valence-electron chi connectivity index (χ0n) is 12.7. The van der Waals surface area contributed by atoms with Crippen molar-refractivity contribution >= 4 is 17.4 Å². The van der Waals surface area contributed by atoms with E-state index in [-0.39, 0.29) is 0 Å². The quantitative estimate of drug-likeness (QED) is 0.383. The lowest BCUT2D eigenvalue weighted by Gasteiger charge is -2.08. The molecule has 0 radical (unpaired) electrons. The average Bonchev–Trinajstić information content (AvgIpc) is 2.44. The Hall–Kier alpha value is -1.75. The highest BCUT2D eigenvalue weighted by molar-refractivity contribution is 7.99. The van der Waals surface area contributed by atoms with Gasteiger partial charge in [0.15, 0.2) is 5.16 Å². The summed E-state index contributed by atoms with van der Waals surface area (Å²) in [6, 6.07) is 7.50. The molecule has 0 aliphatic heterocycles. The highest BCUT2D eigenvalue weighted by Gasteiger charge is 2.05. The van der Waals surface area contributed by atoms with E-state index in [9.17, 15) is 0 Å². The smallest absolute Gasteiger partial charge is 0.187 e. The van der Waals surface area contributed by atoms with Gasteiger partial charge in [-0.1, -0.05) is 17.8 Å². The lowest BCUT2D eigenvalue weighted by atomic mass is 10.2. The molecule has 2 N–H and O–H groups in total. The van der Waals surface area contributed by atoms with Crippen molar-refractivity contribution in [3.63, 3.8) is 0 Å². The van der Waals surface area contributed by atoms with Gasteiger partial charge in [-0.3, -0.25) is 0 Å².